The highest BCUT2D eigenvalue weighted by atomic mass is 16.5. The number of hydrogen-bond acceptors (Lipinski definition) is 4. The maximum Gasteiger partial charge on any atom is 0.310 e. The Hall–Kier alpha value is -1.63. The van der Waals surface area contributed by atoms with Gasteiger partial charge in [0.15, 0.2) is 6.04 Å². The maximum absolute atomic E-state index is 12.7. The van der Waals surface area contributed by atoms with Crippen LogP contribution in [-0.4, -0.2) is 60.5 Å². The summed E-state index contributed by atoms with van der Waals surface area (Å²) in [6.07, 6.45) is 6.29. The quantitative estimate of drug-likeness (QED) is 0.671. The van der Waals surface area contributed by atoms with Gasteiger partial charge in [0.2, 0.25) is 5.91 Å². The molecule has 25 heavy (non-hydrogen) atoms. The zero-order chi connectivity index (χ0) is 17.8. The standard InChI is InChI=1S/C18H29N3O4/c1-2-25-18(24)12-6-5-9-21(11-12)16(22)10-15-17(23)20-14-8-4-3-7-13(14)19-15/h12-15,19H,2-11H2,1H3,(H,20,23)/p+1/t12-,13-,14+,15-/m1/s1. The Balaban J connectivity index is 1.54. The second kappa shape index (κ2) is 8.17. The number of fused-ring (bicyclic) bond motifs is 1. The van der Waals surface area contributed by atoms with E-state index in [1.54, 1.807) is 11.8 Å². The van der Waals surface area contributed by atoms with Crippen molar-refractivity contribution in [2.24, 2.45) is 5.92 Å². The summed E-state index contributed by atoms with van der Waals surface area (Å²) in [7, 11) is 0. The molecular formula is C18H30N3O4+. The number of piperazine rings is 1. The molecule has 1 saturated carbocycles. The third-order valence-electron chi connectivity index (χ3n) is 5.75. The Morgan fingerprint density at radius 3 is 2.84 bits per heavy atom. The van der Waals surface area contributed by atoms with Crippen molar-refractivity contribution in [1.82, 2.24) is 10.2 Å². The molecule has 3 rings (SSSR count). The molecule has 7 nitrogen and oxygen atoms in total. The second-order valence-corrected chi connectivity index (χ2v) is 7.50. The number of amides is 2. The predicted molar refractivity (Wildman–Crippen MR) is 90.5 cm³/mol. The minimum Gasteiger partial charge on any atom is -0.466 e. The summed E-state index contributed by atoms with van der Waals surface area (Å²) in [5.41, 5.74) is 0. The van der Waals surface area contributed by atoms with Gasteiger partial charge in [0.1, 0.15) is 6.04 Å². The molecule has 0 aromatic rings. The van der Waals surface area contributed by atoms with Crippen molar-refractivity contribution in [3.63, 3.8) is 0 Å². The Kier molecular flexibility index (Phi) is 5.93. The second-order valence-electron chi connectivity index (χ2n) is 7.50. The van der Waals surface area contributed by atoms with E-state index in [0.717, 1.165) is 25.7 Å². The maximum atomic E-state index is 12.7. The summed E-state index contributed by atoms with van der Waals surface area (Å²) in [6.45, 7) is 3.23. The van der Waals surface area contributed by atoms with Crippen molar-refractivity contribution in [2.45, 2.75) is 70.0 Å². The zero-order valence-electron chi connectivity index (χ0n) is 15.0. The molecule has 2 amide bonds. The predicted octanol–water partition coefficient (Wildman–Crippen LogP) is -0.449. The average Bonchev–Trinajstić information content (AvgIpc) is 2.62. The molecule has 0 spiro atoms. The number of hydrogen-bond donors (Lipinski definition) is 2. The summed E-state index contributed by atoms with van der Waals surface area (Å²) in [6, 6.07) is 0.323. The van der Waals surface area contributed by atoms with E-state index in [9.17, 15) is 14.4 Å². The lowest BCUT2D eigenvalue weighted by Crippen LogP contribution is -3.03. The van der Waals surface area contributed by atoms with Crippen molar-refractivity contribution in [2.75, 3.05) is 19.7 Å². The fraction of sp³-hybridized carbons (Fsp3) is 0.833. The molecule has 2 aliphatic heterocycles. The summed E-state index contributed by atoms with van der Waals surface area (Å²) in [5.74, 6) is -0.494. The van der Waals surface area contributed by atoms with Crippen LogP contribution >= 0.6 is 0 Å². The van der Waals surface area contributed by atoms with Gasteiger partial charge in [0.05, 0.1) is 25.0 Å². The van der Waals surface area contributed by atoms with Crippen LogP contribution in [0.1, 0.15) is 51.9 Å². The Morgan fingerprint density at radius 1 is 1.24 bits per heavy atom. The Labute approximate surface area is 148 Å². The van der Waals surface area contributed by atoms with E-state index in [1.165, 1.54) is 12.8 Å². The Bertz CT molecular complexity index is 524. The van der Waals surface area contributed by atoms with E-state index in [0.29, 0.717) is 25.7 Å². The molecule has 0 unspecified atom stereocenters. The lowest BCUT2D eigenvalue weighted by Gasteiger charge is -2.38. The first-order chi connectivity index (χ1) is 12.1. The molecule has 0 aromatic carbocycles. The van der Waals surface area contributed by atoms with Gasteiger partial charge in [-0.25, -0.2) is 0 Å². The number of carbonyl (C=O) groups excluding carboxylic acids is 3. The largest absolute Gasteiger partial charge is 0.466 e. The average molecular weight is 352 g/mol. The fourth-order valence-electron chi connectivity index (χ4n) is 4.38. The summed E-state index contributed by atoms with van der Waals surface area (Å²) < 4.78 is 5.09. The van der Waals surface area contributed by atoms with Crippen LogP contribution in [0.2, 0.25) is 0 Å². The third-order valence-corrected chi connectivity index (χ3v) is 5.75. The SMILES string of the molecule is CCOC(=O)[C@@H]1CCCN(C(=O)C[C@H]2[NH2+][C@@H]3CCCC[C@@H]3NC2=O)C1. The van der Waals surface area contributed by atoms with Crippen molar-refractivity contribution < 1.29 is 24.4 Å². The summed E-state index contributed by atoms with van der Waals surface area (Å²) in [4.78, 5) is 38.7. The van der Waals surface area contributed by atoms with Crippen LogP contribution in [0.3, 0.4) is 0 Å². The highest BCUT2D eigenvalue weighted by molar-refractivity contribution is 5.88. The molecular weight excluding hydrogens is 322 g/mol. The van der Waals surface area contributed by atoms with E-state index in [-0.39, 0.29) is 42.2 Å². The first-order valence-electron chi connectivity index (χ1n) is 9.68. The smallest absolute Gasteiger partial charge is 0.310 e. The molecule has 0 aromatic heterocycles. The third kappa shape index (κ3) is 4.32. The Morgan fingerprint density at radius 2 is 2.04 bits per heavy atom. The van der Waals surface area contributed by atoms with Gasteiger partial charge in [-0.15, -0.1) is 0 Å². The van der Waals surface area contributed by atoms with Gasteiger partial charge in [-0.2, -0.15) is 0 Å². The number of nitrogens with zero attached hydrogens (tertiary/aromatic N) is 1. The van der Waals surface area contributed by atoms with Gasteiger partial charge in [0.25, 0.3) is 5.91 Å². The molecule has 0 bridgehead atoms. The number of quaternary nitrogens is 1. The molecule has 140 valence electrons. The van der Waals surface area contributed by atoms with Gasteiger partial charge >= 0.3 is 5.97 Å². The van der Waals surface area contributed by atoms with Crippen LogP contribution in [0.5, 0.6) is 0 Å². The lowest BCUT2D eigenvalue weighted by atomic mass is 9.87. The highest BCUT2D eigenvalue weighted by Gasteiger charge is 2.41. The van der Waals surface area contributed by atoms with E-state index < -0.39 is 0 Å². The molecule has 4 atom stereocenters. The molecule has 2 heterocycles. The molecule has 3 N–H and O–H groups in total. The highest BCUT2D eigenvalue weighted by Crippen LogP contribution is 2.21. The van der Waals surface area contributed by atoms with E-state index in [2.05, 4.69) is 10.6 Å². The molecule has 0 radical (unpaired) electrons. The first kappa shape index (κ1) is 18.2. The summed E-state index contributed by atoms with van der Waals surface area (Å²) in [5, 5.41) is 5.21. The fourth-order valence-corrected chi connectivity index (χ4v) is 4.38. The number of nitrogens with two attached hydrogens (primary N) is 1. The minimum atomic E-state index is -0.338. The first-order valence-corrected chi connectivity index (χ1v) is 9.68. The molecule has 1 aliphatic carbocycles. The van der Waals surface area contributed by atoms with Crippen LogP contribution in [0.4, 0.5) is 0 Å². The molecule has 3 aliphatic rings. The molecule has 3 fully saturated rings. The summed E-state index contributed by atoms with van der Waals surface area (Å²) >= 11 is 0. The number of piperidine rings is 1. The van der Waals surface area contributed by atoms with Crippen LogP contribution < -0.4 is 10.6 Å². The number of rotatable bonds is 4. The van der Waals surface area contributed by atoms with Crippen LogP contribution in [0, 0.1) is 5.92 Å². The van der Waals surface area contributed by atoms with E-state index >= 15 is 0 Å². The van der Waals surface area contributed by atoms with Gasteiger partial charge in [-0.1, -0.05) is 6.42 Å². The topological polar surface area (TPSA) is 92.3 Å². The number of esters is 1. The molecule has 2 saturated heterocycles. The molecule has 7 heteroatoms. The minimum absolute atomic E-state index is 0.0181. The lowest BCUT2D eigenvalue weighted by molar-refractivity contribution is -0.718. The van der Waals surface area contributed by atoms with Gasteiger partial charge in [0, 0.05) is 19.5 Å². The van der Waals surface area contributed by atoms with Crippen molar-refractivity contribution in [3.05, 3.63) is 0 Å². The number of ether oxygens (including phenoxy) is 1. The van der Waals surface area contributed by atoms with E-state index in [4.69, 9.17) is 4.74 Å². The van der Waals surface area contributed by atoms with Crippen molar-refractivity contribution in [3.8, 4) is 0 Å². The van der Waals surface area contributed by atoms with Crippen LogP contribution in [0.25, 0.3) is 0 Å². The monoisotopic (exact) mass is 352 g/mol. The van der Waals surface area contributed by atoms with Crippen molar-refractivity contribution >= 4 is 17.8 Å². The number of nitrogens with one attached hydrogen (secondary N) is 1. The number of carbonyl (C=O) groups is 3. The van der Waals surface area contributed by atoms with Gasteiger partial charge in [-0.3, -0.25) is 14.4 Å². The van der Waals surface area contributed by atoms with Gasteiger partial charge < -0.3 is 20.3 Å². The van der Waals surface area contributed by atoms with Crippen LogP contribution in [-0.2, 0) is 19.1 Å². The zero-order valence-corrected chi connectivity index (χ0v) is 15.0. The number of likely N-dealkylation sites (tertiary alicyclic amines) is 1. The van der Waals surface area contributed by atoms with Crippen LogP contribution in [0.15, 0.2) is 0 Å². The normalized spacial score (nSPS) is 32.5. The van der Waals surface area contributed by atoms with Crippen molar-refractivity contribution in [1.29, 1.82) is 0 Å². The van der Waals surface area contributed by atoms with Gasteiger partial charge in [-0.05, 0) is 32.6 Å². The van der Waals surface area contributed by atoms with E-state index in [1.807, 2.05) is 0 Å².